The number of rotatable bonds is 11. The van der Waals surface area contributed by atoms with Crippen LogP contribution in [0.15, 0.2) is 5.38 Å². The van der Waals surface area contributed by atoms with Crippen LogP contribution in [0.25, 0.3) is 0 Å². The molecule has 0 unspecified atom stereocenters. The summed E-state index contributed by atoms with van der Waals surface area (Å²) in [6.45, 7) is 11.4. The minimum atomic E-state index is -3.68. The van der Waals surface area contributed by atoms with Crippen LogP contribution >= 0.6 is 23.7 Å². The van der Waals surface area contributed by atoms with Gasteiger partial charge in [0, 0.05) is 11.9 Å². The summed E-state index contributed by atoms with van der Waals surface area (Å²) in [5, 5.41) is 2.72. The fraction of sp³-hybridized carbons (Fsp3) is 0.783. The SMILES string of the molecule is CCCCN(CCCC)Cc1nc(C(=O)N2CC[C@@H]3[C@@H]2[C@H](C(C)C)C(=O)N3S(C)(=O)=O)cs1.Cl. The van der Waals surface area contributed by atoms with Gasteiger partial charge in [-0.25, -0.2) is 17.7 Å². The molecular formula is C23H39ClN4O4S2. The van der Waals surface area contributed by atoms with Crippen LogP contribution in [0.5, 0.6) is 0 Å². The van der Waals surface area contributed by atoms with Crippen molar-refractivity contribution in [1.82, 2.24) is 19.1 Å². The topological polar surface area (TPSA) is 90.9 Å². The minimum absolute atomic E-state index is 0. The van der Waals surface area contributed by atoms with E-state index in [2.05, 4.69) is 23.7 Å². The van der Waals surface area contributed by atoms with Crippen LogP contribution in [-0.4, -0.2) is 77.3 Å². The van der Waals surface area contributed by atoms with Gasteiger partial charge in [-0.2, -0.15) is 0 Å². The number of hydrogen-bond acceptors (Lipinski definition) is 7. The molecule has 3 heterocycles. The Kier molecular flexibility index (Phi) is 10.4. The summed E-state index contributed by atoms with van der Waals surface area (Å²) in [6.07, 6.45) is 6.10. The summed E-state index contributed by atoms with van der Waals surface area (Å²) in [7, 11) is -3.68. The number of halogens is 1. The summed E-state index contributed by atoms with van der Waals surface area (Å²) >= 11 is 1.50. The number of sulfonamides is 1. The van der Waals surface area contributed by atoms with Crippen molar-refractivity contribution in [1.29, 1.82) is 0 Å². The molecule has 1 aromatic rings. The van der Waals surface area contributed by atoms with Gasteiger partial charge in [0.15, 0.2) is 0 Å². The van der Waals surface area contributed by atoms with Crippen molar-refractivity contribution in [2.45, 2.75) is 78.4 Å². The van der Waals surface area contributed by atoms with Crippen molar-refractivity contribution in [2.75, 3.05) is 25.9 Å². The van der Waals surface area contributed by atoms with Gasteiger partial charge in [-0.15, -0.1) is 23.7 Å². The Bertz CT molecular complexity index is 945. The highest BCUT2D eigenvalue weighted by Crippen LogP contribution is 2.41. The summed E-state index contributed by atoms with van der Waals surface area (Å²) in [5.74, 6) is -1.18. The molecule has 2 aliphatic rings. The van der Waals surface area contributed by atoms with Crippen molar-refractivity contribution < 1.29 is 18.0 Å². The lowest BCUT2D eigenvalue weighted by atomic mass is 9.88. The van der Waals surface area contributed by atoms with Gasteiger partial charge in [-0.05, 0) is 38.3 Å². The Morgan fingerprint density at radius 2 is 1.85 bits per heavy atom. The van der Waals surface area contributed by atoms with Crippen LogP contribution in [-0.2, 0) is 21.4 Å². The Morgan fingerprint density at radius 1 is 1.24 bits per heavy atom. The maximum absolute atomic E-state index is 13.4. The molecule has 1 aromatic heterocycles. The van der Waals surface area contributed by atoms with Gasteiger partial charge < -0.3 is 4.90 Å². The number of likely N-dealkylation sites (tertiary alicyclic amines) is 1. The lowest BCUT2D eigenvalue weighted by Gasteiger charge is -2.28. The molecule has 0 aliphatic carbocycles. The van der Waals surface area contributed by atoms with Gasteiger partial charge in [-0.1, -0.05) is 40.5 Å². The highest BCUT2D eigenvalue weighted by Gasteiger charge is 2.58. The maximum atomic E-state index is 13.4. The predicted octanol–water partition coefficient (Wildman–Crippen LogP) is 3.62. The largest absolute Gasteiger partial charge is 0.331 e. The van der Waals surface area contributed by atoms with Crippen LogP contribution in [0, 0.1) is 11.8 Å². The first-order valence-electron chi connectivity index (χ1n) is 12.1. The van der Waals surface area contributed by atoms with E-state index in [-0.39, 0.29) is 30.1 Å². The normalized spacial score (nSPS) is 22.6. The predicted molar refractivity (Wildman–Crippen MR) is 138 cm³/mol. The Labute approximate surface area is 214 Å². The number of nitrogens with zero attached hydrogens (tertiary/aromatic N) is 4. The number of fused-ring (bicyclic) bond motifs is 1. The van der Waals surface area contributed by atoms with Crippen LogP contribution < -0.4 is 0 Å². The fourth-order valence-electron chi connectivity index (χ4n) is 5.12. The average Bonchev–Trinajstić information content (AvgIpc) is 3.42. The summed E-state index contributed by atoms with van der Waals surface area (Å²) < 4.78 is 25.7. The third-order valence-corrected chi connectivity index (χ3v) is 8.71. The van der Waals surface area contributed by atoms with Gasteiger partial charge >= 0.3 is 0 Å². The van der Waals surface area contributed by atoms with E-state index < -0.39 is 28.0 Å². The summed E-state index contributed by atoms with van der Waals surface area (Å²) in [5.41, 5.74) is 0.398. The molecule has 0 aromatic carbocycles. The number of hydrogen-bond donors (Lipinski definition) is 0. The molecule has 0 radical (unpaired) electrons. The monoisotopic (exact) mass is 534 g/mol. The van der Waals surface area contributed by atoms with E-state index in [0.29, 0.717) is 18.7 Å². The Balaban J connectivity index is 0.00000408. The zero-order valence-electron chi connectivity index (χ0n) is 20.9. The number of amides is 2. The standard InChI is InChI=1S/C23H38N4O4S2.ClH/c1-6-8-11-25(12-9-7-2)14-19-24-17(15-32-19)22(28)26-13-10-18-21(26)20(16(3)4)23(29)27(18)33(5,30)31;/h15-16,18,20-21H,6-14H2,1-5H3;1H/t18-,20+,21-;/m1./s1. The molecule has 0 bridgehead atoms. The second kappa shape index (κ2) is 12.1. The van der Waals surface area contributed by atoms with Gasteiger partial charge in [-0.3, -0.25) is 14.5 Å². The third kappa shape index (κ3) is 6.12. The van der Waals surface area contributed by atoms with E-state index >= 15 is 0 Å². The highest BCUT2D eigenvalue weighted by molar-refractivity contribution is 7.88. The molecule has 0 N–H and O–H groups in total. The molecular weight excluding hydrogens is 496 g/mol. The molecule has 11 heteroatoms. The maximum Gasteiger partial charge on any atom is 0.273 e. The first-order valence-corrected chi connectivity index (χ1v) is 14.8. The minimum Gasteiger partial charge on any atom is -0.331 e. The Morgan fingerprint density at radius 3 is 2.38 bits per heavy atom. The second-order valence-corrected chi connectivity index (χ2v) is 12.4. The quantitative estimate of drug-likeness (QED) is 0.430. The second-order valence-electron chi connectivity index (χ2n) is 9.62. The number of thiazole rings is 1. The van der Waals surface area contributed by atoms with Crippen molar-refractivity contribution in [2.24, 2.45) is 11.8 Å². The molecule has 3 atom stereocenters. The lowest BCUT2D eigenvalue weighted by molar-refractivity contribution is -0.129. The fourth-order valence-corrected chi connectivity index (χ4v) is 7.10. The number of unbranched alkanes of at least 4 members (excludes halogenated alkanes) is 2. The van der Waals surface area contributed by atoms with Crippen LogP contribution in [0.3, 0.4) is 0 Å². The van der Waals surface area contributed by atoms with E-state index in [1.165, 1.54) is 11.3 Å². The van der Waals surface area contributed by atoms with Gasteiger partial charge in [0.25, 0.3) is 5.91 Å². The zero-order valence-corrected chi connectivity index (χ0v) is 23.3. The van der Waals surface area contributed by atoms with Crippen molar-refractivity contribution >= 4 is 45.6 Å². The zero-order chi connectivity index (χ0) is 24.3. The molecule has 2 aliphatic heterocycles. The van der Waals surface area contributed by atoms with Gasteiger partial charge in [0.1, 0.15) is 10.7 Å². The Hall–Kier alpha value is -1.23. The van der Waals surface area contributed by atoms with E-state index in [9.17, 15) is 18.0 Å². The first kappa shape index (κ1) is 29.0. The third-order valence-electron chi connectivity index (χ3n) is 6.71. The molecule has 34 heavy (non-hydrogen) atoms. The number of carbonyl (C=O) groups is 2. The summed E-state index contributed by atoms with van der Waals surface area (Å²) in [4.78, 5) is 35.2. The van der Waals surface area contributed by atoms with E-state index in [1.807, 2.05) is 13.8 Å². The van der Waals surface area contributed by atoms with Gasteiger partial charge in [0.05, 0.1) is 30.8 Å². The highest BCUT2D eigenvalue weighted by atomic mass is 35.5. The molecule has 194 valence electrons. The van der Waals surface area contributed by atoms with Crippen LogP contribution in [0.2, 0.25) is 0 Å². The summed E-state index contributed by atoms with van der Waals surface area (Å²) in [6, 6.07) is -0.920. The van der Waals surface area contributed by atoms with Crippen molar-refractivity contribution in [3.63, 3.8) is 0 Å². The number of aromatic nitrogens is 1. The molecule has 2 amide bonds. The van der Waals surface area contributed by atoms with Crippen LogP contribution in [0.4, 0.5) is 0 Å². The smallest absolute Gasteiger partial charge is 0.273 e. The van der Waals surface area contributed by atoms with E-state index in [1.54, 1.807) is 10.3 Å². The van der Waals surface area contributed by atoms with Crippen molar-refractivity contribution in [3.05, 3.63) is 16.1 Å². The first-order chi connectivity index (χ1) is 15.6. The molecule has 3 rings (SSSR count). The van der Waals surface area contributed by atoms with E-state index in [0.717, 1.165) is 60.9 Å². The van der Waals surface area contributed by atoms with Crippen molar-refractivity contribution in [3.8, 4) is 0 Å². The van der Waals surface area contributed by atoms with Gasteiger partial charge in [0.2, 0.25) is 15.9 Å². The molecule has 8 nitrogen and oxygen atoms in total. The number of carbonyl (C=O) groups excluding carboxylic acids is 2. The average molecular weight is 535 g/mol. The van der Waals surface area contributed by atoms with Crippen LogP contribution in [0.1, 0.15) is 75.3 Å². The lowest BCUT2D eigenvalue weighted by Crippen LogP contribution is -2.44. The molecule has 2 saturated heterocycles. The van der Waals surface area contributed by atoms with E-state index in [4.69, 9.17) is 0 Å². The molecule has 0 saturated carbocycles. The molecule has 2 fully saturated rings. The molecule has 0 spiro atoms.